The number of rotatable bonds is 6. The van der Waals surface area contributed by atoms with Crippen molar-refractivity contribution in [2.45, 2.75) is 58.0 Å². The van der Waals surface area contributed by atoms with Gasteiger partial charge in [-0.05, 0) is 38.8 Å². The molecule has 0 saturated carbocycles. The standard InChI is InChI=1S/C15H27NO2/c1-4-5-6-7-9-12(2)15(18)14-13(17)10-8-11-16(14)3/h6-7,12,14-15,18H,4-5,8-11H2,1-3H3/b7-6+/t12-,14-,15?/m1/s1/i1D3. The number of ketones is 1. The van der Waals surface area contributed by atoms with Crippen LogP contribution in [0.3, 0.4) is 0 Å². The van der Waals surface area contributed by atoms with Gasteiger partial charge >= 0.3 is 0 Å². The van der Waals surface area contributed by atoms with Crippen LogP contribution in [0.25, 0.3) is 0 Å². The fourth-order valence-electron chi connectivity index (χ4n) is 2.45. The molecule has 104 valence electrons. The predicted octanol–water partition coefficient (Wildman–Crippen LogP) is 2.39. The molecule has 1 aliphatic heterocycles. The third-order valence-electron chi connectivity index (χ3n) is 3.63. The molecule has 0 aromatic rings. The zero-order chi connectivity index (χ0) is 16.0. The van der Waals surface area contributed by atoms with E-state index in [2.05, 4.69) is 0 Å². The fourth-order valence-corrected chi connectivity index (χ4v) is 2.45. The Bertz CT molecular complexity index is 368. The van der Waals surface area contributed by atoms with Crippen molar-refractivity contribution >= 4 is 5.78 Å². The fraction of sp³-hybridized carbons (Fsp3) is 0.800. The lowest BCUT2D eigenvalue weighted by Crippen LogP contribution is -2.52. The molecule has 1 fully saturated rings. The maximum atomic E-state index is 12.0. The topological polar surface area (TPSA) is 40.5 Å². The molecule has 1 saturated heterocycles. The third-order valence-corrected chi connectivity index (χ3v) is 3.63. The summed E-state index contributed by atoms with van der Waals surface area (Å²) in [5.74, 6) is 0.0954. The molecule has 0 bridgehead atoms. The number of carbonyl (C=O) groups is 1. The number of carbonyl (C=O) groups excluding carboxylic acids is 1. The molecule has 3 nitrogen and oxygen atoms in total. The van der Waals surface area contributed by atoms with Crippen molar-refractivity contribution in [3.63, 3.8) is 0 Å². The maximum absolute atomic E-state index is 12.0. The molecule has 1 heterocycles. The van der Waals surface area contributed by atoms with Crippen molar-refractivity contribution in [1.82, 2.24) is 4.90 Å². The summed E-state index contributed by atoms with van der Waals surface area (Å²) < 4.78 is 21.3. The van der Waals surface area contributed by atoms with E-state index >= 15 is 0 Å². The molecule has 0 aliphatic carbocycles. The molecule has 0 radical (unpaired) electrons. The molecule has 1 unspecified atom stereocenters. The third kappa shape index (κ3) is 4.21. The van der Waals surface area contributed by atoms with E-state index in [0.29, 0.717) is 19.3 Å². The highest BCUT2D eigenvalue weighted by Crippen LogP contribution is 2.21. The van der Waals surface area contributed by atoms with Crippen LogP contribution in [-0.4, -0.2) is 41.5 Å². The van der Waals surface area contributed by atoms with Gasteiger partial charge in [-0.1, -0.05) is 32.3 Å². The van der Waals surface area contributed by atoms with Gasteiger partial charge in [0.1, 0.15) is 0 Å². The number of piperidine rings is 1. The van der Waals surface area contributed by atoms with E-state index < -0.39 is 19.0 Å². The van der Waals surface area contributed by atoms with Crippen molar-refractivity contribution in [3.05, 3.63) is 12.2 Å². The lowest BCUT2D eigenvalue weighted by molar-refractivity contribution is -0.132. The molecular formula is C15H27NO2. The van der Waals surface area contributed by atoms with E-state index in [4.69, 9.17) is 4.11 Å². The van der Waals surface area contributed by atoms with E-state index in [-0.39, 0.29) is 18.1 Å². The van der Waals surface area contributed by atoms with Crippen LogP contribution in [0.5, 0.6) is 0 Å². The summed E-state index contributed by atoms with van der Waals surface area (Å²) in [5.41, 5.74) is 0. The van der Waals surface area contributed by atoms with Crippen LogP contribution in [0.1, 0.15) is 50.0 Å². The summed E-state index contributed by atoms with van der Waals surface area (Å²) in [6.07, 6.45) is 5.84. The average Bonchev–Trinajstić information content (AvgIpc) is 2.36. The van der Waals surface area contributed by atoms with E-state index in [1.54, 1.807) is 0 Å². The van der Waals surface area contributed by atoms with Crippen LogP contribution in [0.4, 0.5) is 0 Å². The highest BCUT2D eigenvalue weighted by atomic mass is 16.3. The van der Waals surface area contributed by atoms with Gasteiger partial charge in [0, 0.05) is 10.5 Å². The molecule has 18 heavy (non-hydrogen) atoms. The quantitative estimate of drug-likeness (QED) is 0.742. The molecule has 1 N–H and O–H groups in total. The molecule has 0 amide bonds. The van der Waals surface area contributed by atoms with Gasteiger partial charge in [0.2, 0.25) is 0 Å². The first-order valence-corrected chi connectivity index (χ1v) is 6.78. The van der Waals surface area contributed by atoms with Gasteiger partial charge in [-0.3, -0.25) is 9.69 Å². The highest BCUT2D eigenvalue weighted by molar-refractivity contribution is 5.85. The summed E-state index contributed by atoms with van der Waals surface area (Å²) in [7, 11) is 1.88. The zero-order valence-electron chi connectivity index (χ0n) is 14.4. The van der Waals surface area contributed by atoms with Gasteiger partial charge < -0.3 is 5.11 Å². The zero-order valence-corrected chi connectivity index (χ0v) is 11.4. The number of likely N-dealkylation sites (N-methyl/N-ethyl adjacent to an activating group) is 1. The van der Waals surface area contributed by atoms with E-state index in [9.17, 15) is 9.90 Å². The number of likely N-dealkylation sites (tertiary alicyclic amines) is 1. The monoisotopic (exact) mass is 256 g/mol. The van der Waals surface area contributed by atoms with Crippen molar-refractivity contribution in [1.29, 1.82) is 0 Å². The minimum absolute atomic E-state index is 0.0245. The van der Waals surface area contributed by atoms with E-state index in [1.165, 1.54) is 0 Å². The Morgan fingerprint density at radius 2 is 2.39 bits per heavy atom. The SMILES string of the molecule is [2H]C([2H])([2H])CC/C=C/C[C@@H](C)C(O)[C@H]1C(=O)CCCN1C. The predicted molar refractivity (Wildman–Crippen MR) is 74.5 cm³/mol. The first-order valence-electron chi connectivity index (χ1n) is 8.28. The molecule has 3 atom stereocenters. The summed E-state index contributed by atoms with van der Waals surface area (Å²) in [6.45, 7) is 0.885. The highest BCUT2D eigenvalue weighted by Gasteiger charge is 2.35. The number of hydrogen-bond acceptors (Lipinski definition) is 3. The number of allylic oxidation sites excluding steroid dienone is 2. The first-order chi connectivity index (χ1) is 9.72. The number of nitrogens with zero attached hydrogens (tertiary/aromatic N) is 1. The normalized spacial score (nSPS) is 28.7. The Kier molecular flexibility index (Phi) is 4.78. The minimum atomic E-state index is -1.88. The molecule has 1 rings (SSSR count). The lowest BCUT2D eigenvalue weighted by Gasteiger charge is -2.36. The maximum Gasteiger partial charge on any atom is 0.152 e. The van der Waals surface area contributed by atoms with Gasteiger partial charge in [-0.25, -0.2) is 0 Å². The van der Waals surface area contributed by atoms with Gasteiger partial charge in [0.05, 0.1) is 12.1 Å². The molecule has 1 aliphatic rings. The summed E-state index contributed by atoms with van der Waals surface area (Å²) >= 11 is 0. The molecular weight excluding hydrogens is 226 g/mol. The Labute approximate surface area is 115 Å². The molecule has 0 aromatic carbocycles. The second-order valence-corrected chi connectivity index (χ2v) is 5.21. The largest absolute Gasteiger partial charge is 0.391 e. The number of aliphatic hydroxyl groups is 1. The minimum Gasteiger partial charge on any atom is -0.391 e. The Balaban J connectivity index is 2.41. The molecule has 3 heteroatoms. The van der Waals surface area contributed by atoms with Gasteiger partial charge in [0.15, 0.2) is 5.78 Å². The van der Waals surface area contributed by atoms with Crippen LogP contribution in [0.2, 0.25) is 0 Å². The van der Waals surface area contributed by atoms with Crippen molar-refractivity contribution in [2.24, 2.45) is 5.92 Å². The van der Waals surface area contributed by atoms with Crippen molar-refractivity contribution in [3.8, 4) is 0 Å². The van der Waals surface area contributed by atoms with Gasteiger partial charge in [-0.15, -0.1) is 0 Å². The van der Waals surface area contributed by atoms with Crippen LogP contribution in [-0.2, 0) is 4.79 Å². The molecule has 0 spiro atoms. The first kappa shape index (κ1) is 11.2. The van der Waals surface area contributed by atoms with Crippen LogP contribution in [0.15, 0.2) is 12.2 Å². The number of aliphatic hydroxyl groups excluding tert-OH is 1. The van der Waals surface area contributed by atoms with Crippen LogP contribution in [0, 0.1) is 5.92 Å². The number of Topliss-reactive ketones (excluding diaryl/α,β-unsaturated/α-hetero) is 1. The Morgan fingerprint density at radius 1 is 1.61 bits per heavy atom. The summed E-state index contributed by atoms with van der Waals surface area (Å²) in [6, 6.07) is -0.399. The van der Waals surface area contributed by atoms with Crippen LogP contribution >= 0.6 is 0 Å². The Morgan fingerprint density at radius 3 is 3.06 bits per heavy atom. The van der Waals surface area contributed by atoms with Crippen LogP contribution < -0.4 is 0 Å². The smallest absolute Gasteiger partial charge is 0.152 e. The summed E-state index contributed by atoms with van der Waals surface area (Å²) in [5, 5.41) is 10.4. The average molecular weight is 256 g/mol. The summed E-state index contributed by atoms with van der Waals surface area (Å²) in [4.78, 5) is 13.9. The Hall–Kier alpha value is -0.670. The van der Waals surface area contributed by atoms with Crippen molar-refractivity contribution in [2.75, 3.05) is 13.6 Å². The van der Waals surface area contributed by atoms with E-state index in [0.717, 1.165) is 13.0 Å². The number of hydrogen-bond donors (Lipinski definition) is 1. The second kappa shape index (κ2) is 7.70. The van der Waals surface area contributed by atoms with E-state index in [1.807, 2.05) is 31.0 Å². The second-order valence-electron chi connectivity index (χ2n) is 5.21. The lowest BCUT2D eigenvalue weighted by atomic mass is 9.88. The van der Waals surface area contributed by atoms with Gasteiger partial charge in [-0.2, -0.15) is 0 Å². The van der Waals surface area contributed by atoms with Crippen molar-refractivity contribution < 1.29 is 14.0 Å². The van der Waals surface area contributed by atoms with Gasteiger partial charge in [0.25, 0.3) is 0 Å². The molecule has 0 aromatic heterocycles.